The van der Waals surface area contributed by atoms with E-state index in [1.807, 2.05) is 13.8 Å². The van der Waals surface area contributed by atoms with E-state index in [0.717, 1.165) is 25.7 Å². The first kappa shape index (κ1) is 29.0. The lowest BCUT2D eigenvalue weighted by Gasteiger charge is -2.41. The highest BCUT2D eigenvalue weighted by atomic mass is 16.6. The summed E-state index contributed by atoms with van der Waals surface area (Å²) in [7, 11) is 1.62. The van der Waals surface area contributed by atoms with E-state index in [1.54, 1.807) is 21.0 Å². The van der Waals surface area contributed by atoms with Gasteiger partial charge in [-0.05, 0) is 83.5 Å². The van der Waals surface area contributed by atoms with E-state index < -0.39 is 41.5 Å². The molecule has 0 aromatic rings. The van der Waals surface area contributed by atoms with Gasteiger partial charge in [-0.15, -0.1) is 0 Å². The number of amides is 1. The van der Waals surface area contributed by atoms with Gasteiger partial charge in [0.25, 0.3) is 11.7 Å². The van der Waals surface area contributed by atoms with Gasteiger partial charge in [0.1, 0.15) is 12.1 Å². The van der Waals surface area contributed by atoms with Crippen LogP contribution in [-0.4, -0.2) is 82.7 Å². The molecule has 2 N–H and O–H groups in total. The summed E-state index contributed by atoms with van der Waals surface area (Å²) in [5.74, 6) is -4.63. The molecule has 0 bridgehead atoms. The van der Waals surface area contributed by atoms with Crippen LogP contribution in [0, 0.1) is 17.8 Å². The van der Waals surface area contributed by atoms with Gasteiger partial charge in [0.15, 0.2) is 0 Å². The van der Waals surface area contributed by atoms with Crippen molar-refractivity contribution in [3.05, 3.63) is 0 Å². The van der Waals surface area contributed by atoms with E-state index in [9.17, 15) is 24.6 Å². The molecule has 0 radical (unpaired) electrons. The molecule has 3 aliphatic rings. The molecule has 9 atom stereocenters. The molecule has 3 rings (SSSR count). The minimum Gasteiger partial charge on any atom is -0.461 e. The van der Waals surface area contributed by atoms with E-state index >= 15 is 0 Å². The van der Waals surface area contributed by atoms with Crippen molar-refractivity contribution >= 4 is 17.7 Å². The van der Waals surface area contributed by atoms with Crippen LogP contribution in [0.3, 0.4) is 0 Å². The highest BCUT2D eigenvalue weighted by molar-refractivity contribution is 6.39. The number of carbonyl (C=O) groups excluding carboxylic acids is 3. The monoisotopic (exact) mass is 511 g/mol. The van der Waals surface area contributed by atoms with Gasteiger partial charge in [-0.3, -0.25) is 9.59 Å². The fourth-order valence-electron chi connectivity index (χ4n) is 5.90. The maximum absolute atomic E-state index is 13.2. The molecule has 0 aromatic heterocycles. The van der Waals surface area contributed by atoms with E-state index in [-0.39, 0.29) is 30.8 Å². The van der Waals surface area contributed by atoms with Crippen molar-refractivity contribution in [3.63, 3.8) is 0 Å². The van der Waals surface area contributed by atoms with Crippen molar-refractivity contribution in [1.82, 2.24) is 4.90 Å². The Hall–Kier alpha value is -1.55. The molecule has 1 saturated carbocycles. The van der Waals surface area contributed by atoms with Gasteiger partial charge >= 0.3 is 5.97 Å². The number of ketones is 1. The average molecular weight is 512 g/mol. The van der Waals surface area contributed by atoms with Crippen molar-refractivity contribution < 1.29 is 38.8 Å². The molecule has 1 aliphatic carbocycles. The number of methoxy groups -OCH3 is 1. The third-order valence-electron chi connectivity index (χ3n) is 8.59. The number of nitrogens with zero attached hydrogens (tertiary/aromatic N) is 1. The summed E-state index contributed by atoms with van der Waals surface area (Å²) in [6.07, 6.45) is 5.03. The number of piperidine rings is 1. The molecule has 3 fully saturated rings. The zero-order valence-electron chi connectivity index (χ0n) is 22.5. The number of likely N-dealkylation sites (tertiary alicyclic amines) is 1. The van der Waals surface area contributed by atoms with E-state index in [1.165, 1.54) is 4.90 Å². The zero-order chi connectivity index (χ0) is 26.6. The standard InChI is InChI=1S/C27H45NO8/c1-16(14-20-11-12-22(29)23(15-20)34-5)19(4)35-26(32)21-8-6-7-13-28(21)25(31)24(30)27(33)17(2)9-10-18(3)36-27/h16-23,29,33H,6-15H2,1-5H3/t16-,17-,18?,19+,20+,21+,22-,23-,27-/m1/s1. The van der Waals surface area contributed by atoms with Crippen LogP contribution in [0.4, 0.5) is 0 Å². The first-order chi connectivity index (χ1) is 17.0. The molecule has 36 heavy (non-hydrogen) atoms. The van der Waals surface area contributed by atoms with Crippen molar-refractivity contribution in [3.8, 4) is 0 Å². The van der Waals surface area contributed by atoms with E-state index in [2.05, 4.69) is 0 Å². The van der Waals surface area contributed by atoms with Crippen molar-refractivity contribution in [1.29, 1.82) is 0 Å². The Morgan fingerprint density at radius 1 is 1.08 bits per heavy atom. The Kier molecular flexibility index (Phi) is 9.94. The summed E-state index contributed by atoms with van der Waals surface area (Å²) in [5, 5.41) is 21.0. The topological polar surface area (TPSA) is 123 Å². The second-order valence-electron chi connectivity index (χ2n) is 11.3. The van der Waals surface area contributed by atoms with Crippen LogP contribution < -0.4 is 0 Å². The van der Waals surface area contributed by atoms with Gasteiger partial charge in [0.2, 0.25) is 5.79 Å². The number of esters is 1. The molecule has 9 heteroatoms. The number of aliphatic hydroxyl groups excluding tert-OH is 1. The predicted octanol–water partition coefficient (Wildman–Crippen LogP) is 2.59. The number of ether oxygens (including phenoxy) is 3. The fourth-order valence-corrected chi connectivity index (χ4v) is 5.90. The predicted molar refractivity (Wildman–Crippen MR) is 132 cm³/mol. The van der Waals surface area contributed by atoms with Crippen molar-refractivity contribution in [2.24, 2.45) is 17.8 Å². The minimum atomic E-state index is -2.17. The maximum atomic E-state index is 13.2. The molecule has 1 unspecified atom stereocenters. The molecule has 9 nitrogen and oxygen atoms in total. The Bertz CT molecular complexity index is 790. The number of carbonyl (C=O) groups is 3. The first-order valence-electron chi connectivity index (χ1n) is 13.6. The van der Waals surface area contributed by atoms with Gasteiger partial charge in [0, 0.05) is 19.6 Å². The number of hydrogen-bond acceptors (Lipinski definition) is 8. The number of hydrogen-bond donors (Lipinski definition) is 2. The molecule has 1 amide bonds. The van der Waals surface area contributed by atoms with Gasteiger partial charge in [-0.1, -0.05) is 13.8 Å². The molecular weight excluding hydrogens is 466 g/mol. The van der Waals surface area contributed by atoms with Crippen LogP contribution in [0.2, 0.25) is 0 Å². The highest BCUT2D eigenvalue weighted by Gasteiger charge is 2.52. The lowest BCUT2D eigenvalue weighted by atomic mass is 9.79. The van der Waals surface area contributed by atoms with Crippen LogP contribution >= 0.6 is 0 Å². The van der Waals surface area contributed by atoms with Crippen molar-refractivity contribution in [2.45, 2.75) is 122 Å². The average Bonchev–Trinajstić information content (AvgIpc) is 2.86. The van der Waals surface area contributed by atoms with Crippen LogP contribution in [0.15, 0.2) is 0 Å². The van der Waals surface area contributed by atoms with E-state index in [0.29, 0.717) is 38.0 Å². The molecule has 2 aliphatic heterocycles. The van der Waals surface area contributed by atoms with Crippen LogP contribution in [0.5, 0.6) is 0 Å². The quantitative estimate of drug-likeness (QED) is 0.377. The maximum Gasteiger partial charge on any atom is 0.329 e. The van der Waals surface area contributed by atoms with Gasteiger partial charge < -0.3 is 29.3 Å². The lowest BCUT2D eigenvalue weighted by Crippen LogP contribution is -2.60. The van der Waals surface area contributed by atoms with Gasteiger partial charge in [-0.2, -0.15) is 0 Å². The van der Waals surface area contributed by atoms with Gasteiger partial charge in [0.05, 0.1) is 18.3 Å². The largest absolute Gasteiger partial charge is 0.461 e. The number of rotatable bonds is 8. The summed E-state index contributed by atoms with van der Waals surface area (Å²) in [4.78, 5) is 40.8. The van der Waals surface area contributed by atoms with Crippen molar-refractivity contribution in [2.75, 3.05) is 13.7 Å². The number of aliphatic hydroxyl groups is 2. The smallest absolute Gasteiger partial charge is 0.329 e. The zero-order valence-corrected chi connectivity index (χ0v) is 22.5. The molecule has 2 saturated heterocycles. The van der Waals surface area contributed by atoms with Crippen LogP contribution in [-0.2, 0) is 28.6 Å². The summed E-state index contributed by atoms with van der Waals surface area (Å²) >= 11 is 0. The van der Waals surface area contributed by atoms with E-state index in [4.69, 9.17) is 14.2 Å². The molecule has 0 spiro atoms. The second kappa shape index (κ2) is 12.3. The molecule has 0 aromatic carbocycles. The second-order valence-corrected chi connectivity index (χ2v) is 11.3. The summed E-state index contributed by atoms with van der Waals surface area (Å²) in [6.45, 7) is 7.62. The fraction of sp³-hybridized carbons (Fsp3) is 0.889. The Labute approximate surface area is 214 Å². The highest BCUT2D eigenvalue weighted by Crippen LogP contribution is 2.35. The summed E-state index contributed by atoms with van der Waals surface area (Å²) in [6, 6.07) is -0.854. The SMILES string of the molecule is CO[C@@H]1C[C@H](C[C@@H](C)[C@H](C)OC(=O)[C@@H]2CCCCN2C(=O)C(=O)[C@]2(O)OC(C)CC[C@H]2C)CC[C@H]1O. The first-order valence-corrected chi connectivity index (χ1v) is 13.6. The third-order valence-corrected chi connectivity index (χ3v) is 8.59. The van der Waals surface area contributed by atoms with Gasteiger partial charge in [-0.25, -0.2) is 4.79 Å². The third kappa shape index (κ3) is 6.47. The minimum absolute atomic E-state index is 0.0831. The molecule has 2 heterocycles. The van der Waals surface area contributed by atoms with Crippen LogP contribution in [0.1, 0.15) is 85.5 Å². The Morgan fingerprint density at radius 2 is 1.81 bits per heavy atom. The Balaban J connectivity index is 1.61. The lowest BCUT2D eigenvalue weighted by molar-refractivity contribution is -0.259. The normalized spacial score (nSPS) is 37.1. The molecular formula is C27H45NO8. The molecule has 206 valence electrons. The number of Topliss-reactive ketones (excluding diaryl/α,β-unsaturated/α-hetero) is 1. The summed E-state index contributed by atoms with van der Waals surface area (Å²) < 4.78 is 16.8. The summed E-state index contributed by atoms with van der Waals surface area (Å²) in [5.41, 5.74) is 0. The van der Waals surface area contributed by atoms with Crippen LogP contribution in [0.25, 0.3) is 0 Å². The Morgan fingerprint density at radius 3 is 2.50 bits per heavy atom.